The molecule has 0 saturated carbocycles. The summed E-state index contributed by atoms with van der Waals surface area (Å²) in [6.45, 7) is 1.03. The molecule has 121 valence electrons. The summed E-state index contributed by atoms with van der Waals surface area (Å²) in [5.41, 5.74) is 0.884. The fourth-order valence-corrected chi connectivity index (χ4v) is 2.02. The third-order valence-corrected chi connectivity index (χ3v) is 3.07. The number of ether oxygens (including phenoxy) is 2. The Morgan fingerprint density at radius 1 is 1.26 bits per heavy atom. The monoisotopic (exact) mass is 397 g/mol. The largest absolute Gasteiger partial charge is 0.468 e. The molecule has 0 amide bonds. The van der Waals surface area contributed by atoms with Gasteiger partial charge in [-0.3, -0.25) is 4.79 Å². The number of hydrogen-bond acceptors (Lipinski definition) is 3. The second-order valence-corrected chi connectivity index (χ2v) is 4.70. The zero-order valence-electron chi connectivity index (χ0n) is 12.9. The molecule has 1 heterocycles. The Bertz CT molecular complexity index is 687. The van der Waals surface area contributed by atoms with Crippen LogP contribution in [-0.4, -0.2) is 24.9 Å². The van der Waals surface area contributed by atoms with Gasteiger partial charge in [-0.2, -0.15) is 12.1 Å². The molecule has 0 saturated heterocycles. The van der Waals surface area contributed by atoms with Gasteiger partial charge in [0.1, 0.15) is 5.75 Å². The summed E-state index contributed by atoms with van der Waals surface area (Å²) in [6, 6.07) is 11.1. The summed E-state index contributed by atoms with van der Waals surface area (Å²) < 4.78 is 36.6. The number of aryl methyl sites for hydroxylation is 1. The van der Waals surface area contributed by atoms with Gasteiger partial charge < -0.3 is 14.0 Å². The van der Waals surface area contributed by atoms with Crippen LogP contribution in [0.15, 0.2) is 35.1 Å². The molecular weight excluding hydrogens is 381 g/mol. The second kappa shape index (κ2) is 9.25. The molecule has 0 spiro atoms. The van der Waals surface area contributed by atoms with E-state index < -0.39 is 18.5 Å². The van der Waals surface area contributed by atoms with Crippen LogP contribution in [0.2, 0.25) is 0 Å². The van der Waals surface area contributed by atoms with E-state index in [-0.39, 0.29) is 39.5 Å². The van der Waals surface area contributed by atoms with Crippen molar-refractivity contribution in [2.45, 2.75) is 19.9 Å². The molecule has 23 heavy (non-hydrogen) atoms. The van der Waals surface area contributed by atoms with E-state index >= 15 is 0 Å². The van der Waals surface area contributed by atoms with Gasteiger partial charge in [-0.05, 0) is 12.1 Å². The van der Waals surface area contributed by atoms with Crippen molar-refractivity contribution in [1.29, 1.82) is 0 Å². The molecule has 0 fully saturated rings. The fraction of sp³-hybridized carbons (Fsp3) is 0.312. The quantitative estimate of drug-likeness (QED) is 0.556. The van der Waals surface area contributed by atoms with Crippen LogP contribution < -0.4 is 10.3 Å². The average molecular weight is 397 g/mol. The second-order valence-electron chi connectivity index (χ2n) is 4.70. The van der Waals surface area contributed by atoms with Crippen LogP contribution in [0.25, 0.3) is 11.3 Å². The van der Waals surface area contributed by atoms with E-state index in [4.69, 9.17) is 9.47 Å². The number of hydrogen-bond donors (Lipinski definition) is 0. The summed E-state index contributed by atoms with van der Waals surface area (Å²) in [5, 5.41) is 0. The molecule has 0 unspecified atom stereocenters. The number of halogens is 2. The van der Waals surface area contributed by atoms with E-state index in [1.165, 1.54) is 13.2 Å². The van der Waals surface area contributed by atoms with Gasteiger partial charge in [-0.25, -0.2) is 8.78 Å². The molecule has 0 atom stereocenters. The van der Waals surface area contributed by atoms with E-state index in [0.29, 0.717) is 22.6 Å². The third-order valence-electron chi connectivity index (χ3n) is 3.07. The van der Waals surface area contributed by atoms with Crippen molar-refractivity contribution >= 4 is 0 Å². The number of alkyl halides is 2. The molecule has 7 heteroatoms. The minimum atomic E-state index is -2.61. The topological polar surface area (TPSA) is 40.5 Å². The van der Waals surface area contributed by atoms with Crippen LogP contribution >= 0.6 is 0 Å². The van der Waals surface area contributed by atoms with Gasteiger partial charge in [0, 0.05) is 39.8 Å². The predicted octanol–water partition coefficient (Wildman–Crippen LogP) is 2.87. The van der Waals surface area contributed by atoms with Crippen molar-refractivity contribution in [1.82, 2.24) is 4.57 Å². The van der Waals surface area contributed by atoms with Crippen molar-refractivity contribution < 1.29 is 51.0 Å². The predicted molar refractivity (Wildman–Crippen MR) is 78.2 cm³/mol. The summed E-state index contributed by atoms with van der Waals surface area (Å²) in [6.07, 6.45) is -2.61. The molecule has 1 radical (unpaired) electrons. The van der Waals surface area contributed by atoms with Gasteiger partial charge in [-0.1, -0.05) is 23.7 Å². The van der Waals surface area contributed by atoms with Crippen LogP contribution in [-0.2, 0) is 44.0 Å². The van der Waals surface area contributed by atoms with E-state index in [2.05, 4.69) is 6.07 Å². The first-order valence-corrected chi connectivity index (χ1v) is 6.65. The van der Waals surface area contributed by atoms with Gasteiger partial charge in [0.05, 0.1) is 6.54 Å². The molecule has 1 aromatic carbocycles. The van der Waals surface area contributed by atoms with Crippen LogP contribution in [0.4, 0.5) is 8.78 Å². The zero-order chi connectivity index (χ0) is 16.1. The standard InChI is InChI=1S/C16H16F2NO3.Y/c1-11-3-8-14(19(16(11)20)9-15(17)18)12-4-6-13(7-5-12)22-10-21-2;/h3-7,15H,9-10H2,1-2H3;/q-1;. The molecule has 0 aliphatic heterocycles. The Morgan fingerprint density at radius 3 is 2.48 bits per heavy atom. The average Bonchev–Trinajstić information content (AvgIpc) is 2.50. The molecule has 0 aliphatic rings. The first-order chi connectivity index (χ1) is 10.5. The zero-order valence-corrected chi connectivity index (χ0v) is 15.7. The first-order valence-electron chi connectivity index (χ1n) is 6.65. The number of rotatable bonds is 6. The molecule has 2 rings (SSSR count). The Hall–Kier alpha value is -1.11. The smallest absolute Gasteiger partial charge is 0.256 e. The molecule has 0 bridgehead atoms. The summed E-state index contributed by atoms with van der Waals surface area (Å²) >= 11 is 0. The third kappa shape index (κ3) is 5.19. The minimum absolute atomic E-state index is 0. The molecule has 2 aromatic rings. The Kier molecular flexibility index (Phi) is 8.02. The van der Waals surface area contributed by atoms with Gasteiger partial charge >= 0.3 is 0 Å². The van der Waals surface area contributed by atoms with Gasteiger partial charge in [0.25, 0.3) is 6.43 Å². The number of nitrogens with zero attached hydrogens (tertiary/aromatic N) is 1. The number of pyridine rings is 1. The molecule has 1 aromatic heterocycles. The number of benzene rings is 1. The fourth-order valence-electron chi connectivity index (χ4n) is 2.02. The molecule has 0 N–H and O–H groups in total. The molecule has 4 nitrogen and oxygen atoms in total. The Balaban J connectivity index is 0.00000264. The van der Waals surface area contributed by atoms with Gasteiger partial charge in [0.15, 0.2) is 12.4 Å². The maximum Gasteiger partial charge on any atom is 0.256 e. The van der Waals surface area contributed by atoms with Crippen molar-refractivity contribution in [3.63, 3.8) is 0 Å². The van der Waals surface area contributed by atoms with Crippen molar-refractivity contribution in [3.8, 4) is 17.0 Å². The van der Waals surface area contributed by atoms with Crippen LogP contribution in [0.5, 0.6) is 5.75 Å². The van der Waals surface area contributed by atoms with Crippen LogP contribution in [0.1, 0.15) is 5.56 Å². The summed E-state index contributed by atoms with van der Waals surface area (Å²) in [4.78, 5) is 12.1. The number of aromatic nitrogens is 1. The van der Waals surface area contributed by atoms with E-state index in [1.807, 2.05) is 0 Å². The summed E-state index contributed by atoms with van der Waals surface area (Å²) in [5.74, 6) is 0.584. The maximum absolute atomic E-state index is 12.7. The normalized spacial score (nSPS) is 10.5. The SMILES string of the molecule is COCOc1ccc(-c2[c-]cc(C)c(=O)n2CC(F)F)cc1.[Y]. The van der Waals surface area contributed by atoms with Crippen molar-refractivity contribution in [2.75, 3.05) is 13.9 Å². The van der Waals surface area contributed by atoms with Gasteiger partial charge in [-0.15, -0.1) is 12.1 Å². The van der Waals surface area contributed by atoms with Crippen molar-refractivity contribution in [3.05, 3.63) is 52.3 Å². The van der Waals surface area contributed by atoms with E-state index in [1.54, 1.807) is 31.2 Å². The van der Waals surface area contributed by atoms with Crippen molar-refractivity contribution in [2.24, 2.45) is 0 Å². The molecular formula is C16H16F2NO3Y-. The van der Waals surface area contributed by atoms with E-state index in [9.17, 15) is 13.6 Å². The molecule has 0 aliphatic carbocycles. The van der Waals surface area contributed by atoms with Crippen LogP contribution in [0.3, 0.4) is 0 Å². The Morgan fingerprint density at radius 2 is 1.91 bits per heavy atom. The van der Waals surface area contributed by atoms with E-state index in [0.717, 1.165) is 4.57 Å². The summed E-state index contributed by atoms with van der Waals surface area (Å²) in [7, 11) is 1.51. The maximum atomic E-state index is 12.7. The Labute approximate surface area is 158 Å². The first kappa shape index (κ1) is 19.9. The minimum Gasteiger partial charge on any atom is -0.468 e. The van der Waals surface area contributed by atoms with Gasteiger partial charge in [0.2, 0.25) is 0 Å². The van der Waals surface area contributed by atoms with Crippen LogP contribution in [0, 0.1) is 13.0 Å². The number of methoxy groups -OCH3 is 1.